The topological polar surface area (TPSA) is 64.3 Å². The van der Waals surface area contributed by atoms with Crippen LogP contribution in [0.5, 0.6) is 5.75 Å². The smallest absolute Gasteiger partial charge is 0.356 e. The molecule has 0 aliphatic heterocycles. The second-order valence-electron chi connectivity index (χ2n) is 4.81. The maximum atomic E-state index is 13.1. The summed E-state index contributed by atoms with van der Waals surface area (Å²) >= 11 is 0. The first-order chi connectivity index (χ1) is 11.1. The van der Waals surface area contributed by atoms with Crippen LogP contribution in [0.2, 0.25) is 0 Å². The summed E-state index contributed by atoms with van der Waals surface area (Å²) in [4.78, 5) is 11.3. The number of aromatic carboxylic acids is 1. The minimum absolute atomic E-state index is 0.102. The second-order valence-corrected chi connectivity index (χ2v) is 4.81. The molecule has 0 spiro atoms. The molecule has 0 bridgehead atoms. The maximum absolute atomic E-state index is 13.1. The summed E-state index contributed by atoms with van der Waals surface area (Å²) < 4.78 is 19.9. The molecule has 3 rings (SSSR count). The van der Waals surface area contributed by atoms with Crippen LogP contribution < -0.4 is 4.74 Å². The van der Waals surface area contributed by atoms with Gasteiger partial charge in [0.1, 0.15) is 11.6 Å². The van der Waals surface area contributed by atoms with E-state index in [0.29, 0.717) is 22.7 Å². The van der Waals surface area contributed by atoms with E-state index in [-0.39, 0.29) is 11.5 Å². The number of carboxylic acids is 1. The summed E-state index contributed by atoms with van der Waals surface area (Å²) in [6, 6.07) is 14.3. The zero-order valence-electron chi connectivity index (χ0n) is 12.2. The van der Waals surface area contributed by atoms with Gasteiger partial charge < -0.3 is 9.84 Å². The van der Waals surface area contributed by atoms with E-state index in [0.717, 1.165) is 0 Å². The molecule has 5 nitrogen and oxygen atoms in total. The van der Waals surface area contributed by atoms with Crippen LogP contribution in [-0.4, -0.2) is 28.0 Å². The lowest BCUT2D eigenvalue weighted by molar-refractivity contribution is 0.0690. The molecule has 6 heteroatoms. The van der Waals surface area contributed by atoms with Crippen LogP contribution >= 0.6 is 0 Å². The molecule has 0 aliphatic carbocycles. The van der Waals surface area contributed by atoms with Gasteiger partial charge in [-0.05, 0) is 42.5 Å². The van der Waals surface area contributed by atoms with Crippen molar-refractivity contribution >= 4 is 5.97 Å². The standard InChI is InChI=1S/C17H13FN2O3/c1-23-16-5-3-2-4-13(16)15-10-14(17(21)22)19-20(15)12-8-6-11(18)7-9-12/h2-10H,1H3,(H,21,22). The van der Waals surface area contributed by atoms with Crippen molar-refractivity contribution < 1.29 is 19.0 Å². The van der Waals surface area contributed by atoms with Gasteiger partial charge in [0.05, 0.1) is 18.5 Å². The summed E-state index contributed by atoms with van der Waals surface area (Å²) in [5.74, 6) is -0.923. The van der Waals surface area contributed by atoms with Crippen LogP contribution in [-0.2, 0) is 0 Å². The lowest BCUT2D eigenvalue weighted by Crippen LogP contribution is -2.02. The average Bonchev–Trinajstić information content (AvgIpc) is 3.01. The number of rotatable bonds is 4. The van der Waals surface area contributed by atoms with E-state index >= 15 is 0 Å². The number of benzene rings is 2. The Hall–Kier alpha value is -3.15. The molecule has 1 aromatic heterocycles. The normalized spacial score (nSPS) is 10.5. The van der Waals surface area contributed by atoms with Crippen LogP contribution in [0.1, 0.15) is 10.5 Å². The average molecular weight is 312 g/mol. The van der Waals surface area contributed by atoms with Gasteiger partial charge in [-0.1, -0.05) is 12.1 Å². The third-order valence-electron chi connectivity index (χ3n) is 3.38. The van der Waals surface area contributed by atoms with Crippen molar-refractivity contribution in [1.29, 1.82) is 0 Å². The van der Waals surface area contributed by atoms with Crippen molar-refractivity contribution in [3.05, 3.63) is 66.1 Å². The highest BCUT2D eigenvalue weighted by atomic mass is 19.1. The van der Waals surface area contributed by atoms with Crippen LogP contribution in [0.3, 0.4) is 0 Å². The summed E-state index contributed by atoms with van der Waals surface area (Å²) in [6.45, 7) is 0. The first kappa shape index (κ1) is 14.8. The van der Waals surface area contributed by atoms with E-state index in [1.165, 1.54) is 42.1 Å². The van der Waals surface area contributed by atoms with Crippen molar-refractivity contribution in [2.75, 3.05) is 7.11 Å². The Morgan fingerprint density at radius 3 is 2.52 bits per heavy atom. The van der Waals surface area contributed by atoms with Crippen molar-refractivity contribution in [3.63, 3.8) is 0 Å². The van der Waals surface area contributed by atoms with Crippen molar-refractivity contribution in [1.82, 2.24) is 9.78 Å². The van der Waals surface area contributed by atoms with Gasteiger partial charge in [0.15, 0.2) is 5.69 Å². The van der Waals surface area contributed by atoms with Crippen molar-refractivity contribution in [2.45, 2.75) is 0 Å². The third-order valence-corrected chi connectivity index (χ3v) is 3.38. The summed E-state index contributed by atoms with van der Waals surface area (Å²) in [5, 5.41) is 13.3. The van der Waals surface area contributed by atoms with Crippen LogP contribution in [0.4, 0.5) is 4.39 Å². The Bertz CT molecular complexity index is 857. The molecule has 0 unspecified atom stereocenters. The fourth-order valence-corrected chi connectivity index (χ4v) is 2.31. The van der Waals surface area contributed by atoms with Gasteiger partial charge in [-0.3, -0.25) is 0 Å². The molecule has 116 valence electrons. The molecule has 0 aliphatic rings. The predicted molar refractivity (Wildman–Crippen MR) is 82.5 cm³/mol. The number of ether oxygens (including phenoxy) is 1. The minimum atomic E-state index is -1.14. The molecule has 0 radical (unpaired) electrons. The molecule has 0 saturated heterocycles. The molecular formula is C17H13FN2O3. The van der Waals surface area contributed by atoms with E-state index in [9.17, 15) is 14.3 Å². The fourth-order valence-electron chi connectivity index (χ4n) is 2.31. The van der Waals surface area contributed by atoms with Gasteiger partial charge in [-0.2, -0.15) is 5.10 Å². The van der Waals surface area contributed by atoms with Gasteiger partial charge in [-0.15, -0.1) is 0 Å². The molecule has 0 fully saturated rings. The zero-order valence-corrected chi connectivity index (χ0v) is 12.2. The van der Waals surface area contributed by atoms with Gasteiger partial charge in [0, 0.05) is 5.56 Å². The molecule has 3 aromatic rings. The SMILES string of the molecule is COc1ccccc1-c1cc(C(=O)O)nn1-c1ccc(F)cc1. The Morgan fingerprint density at radius 1 is 1.17 bits per heavy atom. The molecule has 0 atom stereocenters. The summed E-state index contributed by atoms with van der Waals surface area (Å²) in [6.07, 6.45) is 0. The number of halogens is 1. The zero-order chi connectivity index (χ0) is 16.4. The highest BCUT2D eigenvalue weighted by Gasteiger charge is 2.18. The number of aromatic nitrogens is 2. The molecule has 2 aromatic carbocycles. The molecule has 1 N–H and O–H groups in total. The van der Waals surface area contributed by atoms with Gasteiger partial charge >= 0.3 is 5.97 Å². The summed E-state index contributed by atoms with van der Waals surface area (Å²) in [5.41, 5.74) is 1.70. The van der Waals surface area contributed by atoms with Gasteiger partial charge in [0.2, 0.25) is 0 Å². The maximum Gasteiger partial charge on any atom is 0.356 e. The first-order valence-electron chi connectivity index (χ1n) is 6.83. The Balaban J connectivity index is 2.23. The van der Waals surface area contributed by atoms with E-state index in [4.69, 9.17) is 4.74 Å². The van der Waals surface area contributed by atoms with Gasteiger partial charge in [0.25, 0.3) is 0 Å². The number of nitrogens with zero attached hydrogens (tertiary/aromatic N) is 2. The number of hydrogen-bond acceptors (Lipinski definition) is 3. The van der Waals surface area contributed by atoms with E-state index < -0.39 is 5.97 Å². The first-order valence-corrected chi connectivity index (χ1v) is 6.83. The monoisotopic (exact) mass is 312 g/mol. The molecule has 0 amide bonds. The Labute approximate surface area is 131 Å². The number of methoxy groups -OCH3 is 1. The van der Waals surface area contributed by atoms with Crippen LogP contribution in [0.25, 0.3) is 16.9 Å². The minimum Gasteiger partial charge on any atom is -0.496 e. The van der Waals surface area contributed by atoms with Crippen molar-refractivity contribution in [2.24, 2.45) is 0 Å². The largest absolute Gasteiger partial charge is 0.496 e. The van der Waals surface area contributed by atoms with Crippen LogP contribution in [0, 0.1) is 5.82 Å². The number of para-hydroxylation sites is 1. The lowest BCUT2D eigenvalue weighted by atomic mass is 10.1. The predicted octanol–water partition coefficient (Wildman–Crippen LogP) is 3.39. The quantitative estimate of drug-likeness (QED) is 0.802. The van der Waals surface area contributed by atoms with Crippen LogP contribution in [0.15, 0.2) is 54.6 Å². The fraction of sp³-hybridized carbons (Fsp3) is 0.0588. The number of carbonyl (C=O) groups is 1. The van der Waals surface area contributed by atoms with E-state index in [2.05, 4.69) is 5.10 Å². The third kappa shape index (κ3) is 2.78. The molecule has 23 heavy (non-hydrogen) atoms. The second kappa shape index (κ2) is 5.92. The highest BCUT2D eigenvalue weighted by Crippen LogP contribution is 2.31. The van der Waals surface area contributed by atoms with Gasteiger partial charge in [-0.25, -0.2) is 13.9 Å². The molecule has 0 saturated carbocycles. The number of carboxylic acid groups (broad SMARTS) is 1. The Morgan fingerprint density at radius 2 is 1.87 bits per heavy atom. The van der Waals surface area contributed by atoms with Crippen molar-refractivity contribution in [3.8, 4) is 22.7 Å². The molecular weight excluding hydrogens is 299 g/mol. The van der Waals surface area contributed by atoms with E-state index in [1.807, 2.05) is 18.2 Å². The van der Waals surface area contributed by atoms with E-state index in [1.54, 1.807) is 6.07 Å². The summed E-state index contributed by atoms with van der Waals surface area (Å²) in [7, 11) is 1.54. The molecule has 1 heterocycles. The lowest BCUT2D eigenvalue weighted by Gasteiger charge is -2.11. The Kier molecular flexibility index (Phi) is 3.80. The number of hydrogen-bond donors (Lipinski definition) is 1. The highest BCUT2D eigenvalue weighted by molar-refractivity contribution is 5.87.